The van der Waals surface area contributed by atoms with Gasteiger partial charge < -0.3 is 10.5 Å². The van der Waals surface area contributed by atoms with Crippen molar-refractivity contribution >= 4 is 11.9 Å². The zero-order valence-corrected chi connectivity index (χ0v) is 18.3. The van der Waals surface area contributed by atoms with Crippen molar-refractivity contribution in [1.82, 2.24) is 0 Å². The van der Waals surface area contributed by atoms with Crippen LogP contribution >= 0.6 is 0 Å². The average Bonchev–Trinajstić information content (AvgIpc) is 2.67. The molecule has 0 aromatic carbocycles. The summed E-state index contributed by atoms with van der Waals surface area (Å²) in [5, 5.41) is 0. The average molecular weight is 394 g/mol. The second-order valence-electron chi connectivity index (χ2n) is 7.71. The van der Waals surface area contributed by atoms with Crippen molar-refractivity contribution in [2.24, 2.45) is 5.73 Å². The van der Waals surface area contributed by atoms with E-state index in [1.807, 2.05) is 6.92 Å². The monoisotopic (exact) mass is 393 g/mol. The van der Waals surface area contributed by atoms with Crippen molar-refractivity contribution < 1.29 is 14.3 Å². The third kappa shape index (κ3) is 12.7. The first-order chi connectivity index (χ1) is 13.5. The molecule has 0 aromatic rings. The highest BCUT2D eigenvalue weighted by Crippen LogP contribution is 2.26. The number of hydrogen-bond acceptors (Lipinski definition) is 3. The van der Waals surface area contributed by atoms with E-state index >= 15 is 0 Å². The topological polar surface area (TPSA) is 69.4 Å². The van der Waals surface area contributed by atoms with Crippen LogP contribution in [-0.4, -0.2) is 17.5 Å². The van der Waals surface area contributed by atoms with E-state index in [0.29, 0.717) is 12.8 Å². The smallest absolute Gasteiger partial charge is 0.331 e. The lowest BCUT2D eigenvalue weighted by molar-refractivity contribution is -0.164. The molecule has 0 saturated heterocycles. The van der Waals surface area contributed by atoms with E-state index in [-0.39, 0.29) is 0 Å². The van der Waals surface area contributed by atoms with Crippen LogP contribution < -0.4 is 5.73 Å². The van der Waals surface area contributed by atoms with Crippen LogP contribution in [0, 0.1) is 0 Å². The van der Waals surface area contributed by atoms with Crippen molar-refractivity contribution in [3.63, 3.8) is 0 Å². The molecule has 4 nitrogen and oxygen atoms in total. The molecule has 0 aliphatic carbocycles. The summed E-state index contributed by atoms with van der Waals surface area (Å²) in [4.78, 5) is 23.5. The lowest BCUT2D eigenvalue weighted by Gasteiger charge is -2.29. The molecule has 4 heteroatoms. The Labute approximate surface area is 173 Å². The number of ether oxygens (including phenoxy) is 1. The first-order valence-corrected chi connectivity index (χ1v) is 11.3. The molecule has 2 N–H and O–H groups in total. The molecule has 0 radical (unpaired) electrons. The molecule has 1 unspecified atom stereocenters. The Bertz CT molecular complexity index is 459. The maximum atomic E-state index is 11.9. The Hall–Kier alpha value is -1.58. The maximum Gasteiger partial charge on any atom is 0.331 e. The van der Waals surface area contributed by atoms with Gasteiger partial charge in [0, 0.05) is 6.08 Å². The summed E-state index contributed by atoms with van der Waals surface area (Å²) in [5.74, 6) is -1.13. The first-order valence-electron chi connectivity index (χ1n) is 11.3. The highest BCUT2D eigenvalue weighted by Gasteiger charge is 2.38. The zero-order chi connectivity index (χ0) is 21.1. The Kier molecular flexibility index (Phi) is 16.5. The fourth-order valence-electron chi connectivity index (χ4n) is 3.47. The fourth-order valence-corrected chi connectivity index (χ4v) is 3.47. The van der Waals surface area contributed by atoms with Crippen molar-refractivity contribution in [3.8, 4) is 0 Å². The van der Waals surface area contributed by atoms with Gasteiger partial charge in [-0.3, -0.25) is 4.79 Å². The van der Waals surface area contributed by atoms with Crippen molar-refractivity contribution in [3.05, 3.63) is 24.8 Å². The van der Waals surface area contributed by atoms with Gasteiger partial charge in [0.05, 0.1) is 0 Å². The minimum Gasteiger partial charge on any atom is -0.446 e. The molecule has 28 heavy (non-hydrogen) atoms. The van der Waals surface area contributed by atoms with Crippen LogP contribution in [0.5, 0.6) is 0 Å². The maximum absolute atomic E-state index is 11.9. The predicted molar refractivity (Wildman–Crippen MR) is 118 cm³/mol. The summed E-state index contributed by atoms with van der Waals surface area (Å²) >= 11 is 0. The summed E-state index contributed by atoms with van der Waals surface area (Å²) in [5.41, 5.74) is 4.37. The van der Waals surface area contributed by atoms with Gasteiger partial charge in [0.15, 0.2) is 5.60 Å². The van der Waals surface area contributed by atoms with E-state index in [1.165, 1.54) is 44.9 Å². The van der Waals surface area contributed by atoms with E-state index in [9.17, 15) is 9.59 Å². The van der Waals surface area contributed by atoms with Crippen molar-refractivity contribution in [1.29, 1.82) is 0 Å². The number of allylic oxidation sites excluding steroid dienone is 2. The molecule has 0 spiro atoms. The lowest BCUT2D eigenvalue weighted by Crippen LogP contribution is -2.47. The molecule has 0 aliphatic rings. The normalized spacial score (nSPS) is 13.4. The largest absolute Gasteiger partial charge is 0.446 e. The Morgan fingerprint density at radius 2 is 1.36 bits per heavy atom. The summed E-state index contributed by atoms with van der Waals surface area (Å²) in [6, 6.07) is 0. The van der Waals surface area contributed by atoms with Gasteiger partial charge in [-0.15, -0.1) is 0 Å². The molecular formula is C24H43NO3. The quantitative estimate of drug-likeness (QED) is 0.120. The number of rotatable bonds is 19. The minimum absolute atomic E-state index is 0.461. The van der Waals surface area contributed by atoms with Gasteiger partial charge >= 0.3 is 5.97 Å². The Morgan fingerprint density at radius 3 is 1.86 bits per heavy atom. The van der Waals surface area contributed by atoms with Gasteiger partial charge in [0.2, 0.25) is 0 Å². The van der Waals surface area contributed by atoms with Crippen LogP contribution in [0.3, 0.4) is 0 Å². The third-order valence-corrected chi connectivity index (χ3v) is 5.16. The molecule has 1 amide bonds. The SMILES string of the molecule is C=CC(=O)OC(CCC)(CCCCCCC=CCCCCCCCC)C(N)=O. The molecule has 0 bridgehead atoms. The standard InChI is InChI=1S/C24H43NO3/c1-4-7-8-9-10-11-12-13-14-15-16-17-18-19-21-24(20-5-2,23(25)27)28-22(26)6-3/h6,13-14H,3-5,7-12,15-21H2,1-2H3,(H2,25,27). The minimum atomic E-state index is -1.18. The molecule has 162 valence electrons. The molecular weight excluding hydrogens is 350 g/mol. The molecule has 0 aliphatic heterocycles. The number of carbonyl (C=O) groups excluding carboxylic acids is 2. The van der Waals surface area contributed by atoms with Crippen LogP contribution in [0.15, 0.2) is 24.8 Å². The van der Waals surface area contributed by atoms with Crippen LogP contribution in [0.2, 0.25) is 0 Å². The molecule has 0 saturated carbocycles. The third-order valence-electron chi connectivity index (χ3n) is 5.16. The fraction of sp³-hybridized carbons (Fsp3) is 0.750. The second kappa shape index (κ2) is 17.5. The molecule has 0 fully saturated rings. The number of nitrogens with two attached hydrogens (primary N) is 1. The number of hydrogen-bond donors (Lipinski definition) is 1. The van der Waals surface area contributed by atoms with Crippen LogP contribution in [0.1, 0.15) is 110 Å². The molecule has 0 rings (SSSR count). The van der Waals surface area contributed by atoms with Gasteiger partial charge in [0.25, 0.3) is 5.91 Å². The number of unbranched alkanes of at least 4 members (excludes halogenated alkanes) is 10. The van der Waals surface area contributed by atoms with Gasteiger partial charge in [-0.1, -0.05) is 83.9 Å². The lowest BCUT2D eigenvalue weighted by atomic mass is 9.90. The second-order valence-corrected chi connectivity index (χ2v) is 7.71. The zero-order valence-electron chi connectivity index (χ0n) is 18.3. The highest BCUT2D eigenvalue weighted by molar-refractivity contribution is 5.89. The number of esters is 1. The van der Waals surface area contributed by atoms with E-state index in [0.717, 1.165) is 44.6 Å². The number of amides is 1. The summed E-state index contributed by atoms with van der Waals surface area (Å²) in [6.45, 7) is 7.61. The van der Waals surface area contributed by atoms with E-state index in [2.05, 4.69) is 25.7 Å². The van der Waals surface area contributed by atoms with Gasteiger partial charge in [-0.25, -0.2) is 4.79 Å². The molecule has 0 heterocycles. The van der Waals surface area contributed by atoms with Crippen molar-refractivity contribution in [2.45, 2.75) is 116 Å². The predicted octanol–water partition coefficient (Wildman–Crippen LogP) is 6.39. The Balaban J connectivity index is 3.93. The number of carbonyl (C=O) groups is 2. The van der Waals surface area contributed by atoms with Gasteiger partial charge in [-0.2, -0.15) is 0 Å². The molecule has 1 atom stereocenters. The summed E-state index contributed by atoms with van der Waals surface area (Å²) in [7, 11) is 0. The van der Waals surface area contributed by atoms with E-state index in [1.54, 1.807) is 0 Å². The van der Waals surface area contributed by atoms with E-state index in [4.69, 9.17) is 10.5 Å². The van der Waals surface area contributed by atoms with Crippen molar-refractivity contribution in [2.75, 3.05) is 0 Å². The number of primary amides is 1. The van der Waals surface area contributed by atoms with E-state index < -0.39 is 17.5 Å². The first kappa shape index (κ1) is 26.4. The van der Waals surface area contributed by atoms with Crippen LogP contribution in [0.25, 0.3) is 0 Å². The van der Waals surface area contributed by atoms with Crippen LogP contribution in [0.4, 0.5) is 0 Å². The van der Waals surface area contributed by atoms with Gasteiger partial charge in [-0.05, 0) is 44.9 Å². The molecule has 0 aromatic heterocycles. The van der Waals surface area contributed by atoms with Gasteiger partial charge in [0.1, 0.15) is 0 Å². The summed E-state index contributed by atoms with van der Waals surface area (Å²) < 4.78 is 5.36. The highest BCUT2D eigenvalue weighted by atomic mass is 16.6. The summed E-state index contributed by atoms with van der Waals surface area (Å²) in [6.07, 6.45) is 21.8. The van der Waals surface area contributed by atoms with Crippen LogP contribution in [-0.2, 0) is 14.3 Å². The Morgan fingerprint density at radius 1 is 0.821 bits per heavy atom.